The molecule has 1 amide bonds. The average Bonchev–Trinajstić information content (AvgIpc) is 2.80. The second kappa shape index (κ2) is 6.52. The molecular weight excluding hydrogens is 288 g/mol. The van der Waals surface area contributed by atoms with Crippen molar-refractivity contribution in [1.29, 1.82) is 0 Å². The fraction of sp³-hybridized carbons (Fsp3) is 0.632. The third kappa shape index (κ3) is 3.86. The number of ether oxygens (including phenoxy) is 1. The van der Waals surface area contributed by atoms with Crippen LogP contribution in [0.4, 0.5) is 4.79 Å². The number of amides is 1. The van der Waals surface area contributed by atoms with Crippen LogP contribution in [0.5, 0.6) is 0 Å². The van der Waals surface area contributed by atoms with Gasteiger partial charge in [0.25, 0.3) is 0 Å². The van der Waals surface area contributed by atoms with Crippen LogP contribution >= 0.6 is 0 Å². The normalized spacial score (nSPS) is 28.1. The van der Waals surface area contributed by atoms with Gasteiger partial charge in [-0.15, -0.1) is 0 Å². The molecule has 4 nitrogen and oxygen atoms in total. The lowest BCUT2D eigenvalue weighted by Gasteiger charge is -2.32. The Morgan fingerprint density at radius 1 is 1.22 bits per heavy atom. The van der Waals surface area contributed by atoms with Gasteiger partial charge < -0.3 is 15.0 Å². The highest BCUT2D eigenvalue weighted by atomic mass is 16.6. The summed E-state index contributed by atoms with van der Waals surface area (Å²) in [4.78, 5) is 14.6. The standard InChI is InChI=1S/C19H28N2O2/c1-19(2,3)23-18(22)21-12-8-7-11-15-17(21)13-16(20-15)14-9-5-4-6-10-14/h4-6,9-10,15-17,20H,7-8,11-13H2,1-3H3/t15?,16-,17?/m1/s1. The predicted octanol–water partition coefficient (Wildman–Crippen LogP) is 3.88. The predicted molar refractivity (Wildman–Crippen MR) is 91.3 cm³/mol. The Morgan fingerprint density at radius 2 is 1.96 bits per heavy atom. The number of hydrogen-bond donors (Lipinski definition) is 1. The van der Waals surface area contributed by atoms with E-state index in [0.717, 1.165) is 32.2 Å². The highest BCUT2D eigenvalue weighted by molar-refractivity contribution is 5.69. The van der Waals surface area contributed by atoms with Crippen molar-refractivity contribution in [1.82, 2.24) is 10.2 Å². The van der Waals surface area contributed by atoms with Crippen molar-refractivity contribution >= 4 is 6.09 Å². The highest BCUT2D eigenvalue weighted by Crippen LogP contribution is 2.34. The van der Waals surface area contributed by atoms with Crippen LogP contribution in [0.1, 0.15) is 58.1 Å². The van der Waals surface area contributed by atoms with Gasteiger partial charge in [0, 0.05) is 18.6 Å². The van der Waals surface area contributed by atoms with Gasteiger partial charge in [0.05, 0.1) is 6.04 Å². The molecule has 2 aliphatic heterocycles. The lowest BCUT2D eigenvalue weighted by atomic mass is 10.0. The Hall–Kier alpha value is -1.55. The van der Waals surface area contributed by atoms with E-state index in [0.29, 0.717) is 12.1 Å². The number of nitrogens with one attached hydrogen (secondary N) is 1. The molecule has 2 unspecified atom stereocenters. The van der Waals surface area contributed by atoms with Crippen LogP contribution < -0.4 is 5.32 Å². The molecule has 0 spiro atoms. The molecule has 1 aromatic carbocycles. The maximum absolute atomic E-state index is 12.6. The summed E-state index contributed by atoms with van der Waals surface area (Å²) in [5, 5.41) is 3.75. The first-order valence-electron chi connectivity index (χ1n) is 8.75. The zero-order chi connectivity index (χ0) is 16.4. The van der Waals surface area contributed by atoms with E-state index >= 15 is 0 Å². The van der Waals surface area contributed by atoms with Crippen LogP contribution in [-0.4, -0.2) is 35.2 Å². The van der Waals surface area contributed by atoms with Crippen LogP contribution in [0.15, 0.2) is 30.3 Å². The smallest absolute Gasteiger partial charge is 0.410 e. The molecule has 0 aliphatic carbocycles. The van der Waals surface area contributed by atoms with Gasteiger partial charge in [-0.25, -0.2) is 4.79 Å². The van der Waals surface area contributed by atoms with E-state index in [1.54, 1.807) is 0 Å². The maximum atomic E-state index is 12.6. The zero-order valence-corrected chi connectivity index (χ0v) is 14.4. The Bertz CT molecular complexity index is 538. The Labute approximate surface area is 139 Å². The van der Waals surface area contributed by atoms with Crippen molar-refractivity contribution in [3.05, 3.63) is 35.9 Å². The molecule has 1 N–H and O–H groups in total. The number of likely N-dealkylation sites (tertiary alicyclic amines) is 1. The van der Waals surface area contributed by atoms with Crippen LogP contribution in [0.25, 0.3) is 0 Å². The van der Waals surface area contributed by atoms with Crippen LogP contribution in [0.2, 0.25) is 0 Å². The first-order chi connectivity index (χ1) is 10.9. The summed E-state index contributed by atoms with van der Waals surface area (Å²) >= 11 is 0. The number of carbonyl (C=O) groups is 1. The molecule has 0 radical (unpaired) electrons. The zero-order valence-electron chi connectivity index (χ0n) is 14.4. The molecule has 2 aliphatic rings. The Balaban J connectivity index is 1.76. The number of rotatable bonds is 1. The first-order valence-corrected chi connectivity index (χ1v) is 8.75. The molecule has 2 fully saturated rings. The largest absolute Gasteiger partial charge is 0.444 e. The third-order valence-electron chi connectivity index (χ3n) is 4.75. The van der Waals surface area contributed by atoms with Gasteiger partial charge in [-0.3, -0.25) is 0 Å². The summed E-state index contributed by atoms with van der Waals surface area (Å²) in [6, 6.07) is 11.5. The molecule has 0 aromatic heterocycles. The van der Waals surface area contributed by atoms with Crippen LogP contribution in [-0.2, 0) is 4.74 Å². The quantitative estimate of drug-likeness (QED) is 0.855. The van der Waals surface area contributed by atoms with Gasteiger partial charge in [-0.1, -0.05) is 36.8 Å². The lowest BCUT2D eigenvalue weighted by molar-refractivity contribution is 0.0162. The maximum Gasteiger partial charge on any atom is 0.410 e. The second-order valence-corrected chi connectivity index (χ2v) is 7.71. The van der Waals surface area contributed by atoms with E-state index in [1.807, 2.05) is 31.7 Å². The van der Waals surface area contributed by atoms with Crippen molar-refractivity contribution in [2.45, 2.75) is 70.2 Å². The number of carbonyl (C=O) groups excluding carboxylic acids is 1. The van der Waals surface area contributed by atoms with E-state index in [4.69, 9.17) is 4.74 Å². The molecule has 126 valence electrons. The summed E-state index contributed by atoms with van der Waals surface area (Å²) < 4.78 is 5.64. The van der Waals surface area contributed by atoms with Gasteiger partial charge in [-0.05, 0) is 45.6 Å². The molecule has 0 bridgehead atoms. The molecule has 1 aromatic rings. The average molecular weight is 316 g/mol. The monoisotopic (exact) mass is 316 g/mol. The topological polar surface area (TPSA) is 41.6 Å². The van der Waals surface area contributed by atoms with Crippen LogP contribution in [0.3, 0.4) is 0 Å². The molecular formula is C19H28N2O2. The van der Waals surface area contributed by atoms with E-state index in [2.05, 4.69) is 29.6 Å². The molecule has 23 heavy (non-hydrogen) atoms. The van der Waals surface area contributed by atoms with Gasteiger partial charge in [-0.2, -0.15) is 0 Å². The number of benzene rings is 1. The number of nitrogens with zero attached hydrogens (tertiary/aromatic N) is 1. The summed E-state index contributed by atoms with van der Waals surface area (Å²) in [5.41, 5.74) is 0.869. The minimum Gasteiger partial charge on any atom is -0.444 e. The van der Waals surface area contributed by atoms with Crippen molar-refractivity contribution < 1.29 is 9.53 Å². The third-order valence-corrected chi connectivity index (χ3v) is 4.75. The number of fused-ring (bicyclic) bond motifs is 1. The summed E-state index contributed by atoms with van der Waals surface area (Å²) in [6.45, 7) is 6.60. The minimum atomic E-state index is -0.441. The van der Waals surface area contributed by atoms with E-state index in [9.17, 15) is 4.79 Å². The van der Waals surface area contributed by atoms with Crippen molar-refractivity contribution in [3.8, 4) is 0 Å². The molecule has 3 atom stereocenters. The molecule has 2 saturated heterocycles. The fourth-order valence-electron chi connectivity index (χ4n) is 3.74. The van der Waals surface area contributed by atoms with E-state index in [-0.39, 0.29) is 12.1 Å². The van der Waals surface area contributed by atoms with Gasteiger partial charge in [0.1, 0.15) is 5.60 Å². The van der Waals surface area contributed by atoms with Crippen molar-refractivity contribution in [2.24, 2.45) is 0 Å². The van der Waals surface area contributed by atoms with Gasteiger partial charge in [0.15, 0.2) is 0 Å². The molecule has 0 saturated carbocycles. The lowest BCUT2D eigenvalue weighted by Crippen LogP contribution is -2.47. The van der Waals surface area contributed by atoms with Crippen LogP contribution in [0, 0.1) is 0 Å². The number of hydrogen-bond acceptors (Lipinski definition) is 3. The fourth-order valence-corrected chi connectivity index (χ4v) is 3.74. The molecule has 2 heterocycles. The van der Waals surface area contributed by atoms with Gasteiger partial charge in [0.2, 0.25) is 0 Å². The van der Waals surface area contributed by atoms with E-state index < -0.39 is 5.60 Å². The summed E-state index contributed by atoms with van der Waals surface area (Å²) in [7, 11) is 0. The summed E-state index contributed by atoms with van der Waals surface area (Å²) in [5.74, 6) is 0. The Kier molecular flexibility index (Phi) is 4.62. The minimum absolute atomic E-state index is 0.162. The molecule has 4 heteroatoms. The van der Waals surface area contributed by atoms with Crippen molar-refractivity contribution in [2.75, 3.05) is 6.54 Å². The Morgan fingerprint density at radius 3 is 2.65 bits per heavy atom. The second-order valence-electron chi connectivity index (χ2n) is 7.71. The first kappa shape index (κ1) is 16.3. The van der Waals surface area contributed by atoms with Crippen molar-refractivity contribution in [3.63, 3.8) is 0 Å². The SMILES string of the molecule is CC(C)(C)OC(=O)N1CCCCC2N[C@@H](c3ccccc3)CC21. The summed E-state index contributed by atoms with van der Waals surface area (Å²) in [6.07, 6.45) is 4.16. The van der Waals surface area contributed by atoms with Gasteiger partial charge >= 0.3 is 6.09 Å². The van der Waals surface area contributed by atoms with E-state index in [1.165, 1.54) is 5.56 Å². The highest BCUT2D eigenvalue weighted by Gasteiger charge is 2.41. The molecule has 3 rings (SSSR count).